The second-order valence-corrected chi connectivity index (χ2v) is 6.16. The Morgan fingerprint density at radius 1 is 1.06 bits per heavy atom. The van der Waals surface area contributed by atoms with Gasteiger partial charge in [-0.05, 0) is 42.1 Å². The average molecular weight is 300 g/mol. The van der Waals surface area contributed by atoms with E-state index in [1.54, 1.807) is 18.2 Å². The molecule has 0 fully saturated rings. The van der Waals surface area contributed by atoms with Gasteiger partial charge in [-0.3, -0.25) is 0 Å². The lowest BCUT2D eigenvalue weighted by Crippen LogP contribution is -2.18. The van der Waals surface area contributed by atoms with E-state index in [0.717, 1.165) is 15.2 Å². The van der Waals surface area contributed by atoms with Crippen molar-refractivity contribution in [2.24, 2.45) is 0 Å². The van der Waals surface area contributed by atoms with Crippen molar-refractivity contribution in [2.75, 3.05) is 7.05 Å². The summed E-state index contributed by atoms with van der Waals surface area (Å²) in [5.41, 5.74) is 0. The smallest absolute Gasteiger partial charge is 0.214 e. The summed E-state index contributed by atoms with van der Waals surface area (Å²) in [6, 6.07) is 10.8. The molecule has 0 heterocycles. The predicted octanol–water partition coefficient (Wildman–Crippen LogP) is 2.51. The number of fused-ring (bicyclic) bond motifs is 1. The summed E-state index contributed by atoms with van der Waals surface area (Å²) < 4.78 is 26.5. The van der Waals surface area contributed by atoms with Crippen LogP contribution in [-0.2, 0) is 10.0 Å². The molecule has 84 valence electrons. The van der Waals surface area contributed by atoms with Gasteiger partial charge >= 0.3 is 0 Å². The molecule has 2 rings (SSSR count). The molecule has 1 N–H and O–H groups in total. The van der Waals surface area contributed by atoms with Crippen LogP contribution in [-0.4, -0.2) is 15.5 Å². The average Bonchev–Trinajstić information content (AvgIpc) is 2.28. The minimum absolute atomic E-state index is 0.282. The third-order valence-corrected chi connectivity index (χ3v) is 4.26. The Labute approximate surface area is 103 Å². The zero-order valence-corrected chi connectivity index (χ0v) is 11.0. The van der Waals surface area contributed by atoms with Crippen LogP contribution >= 0.6 is 15.9 Å². The maximum atomic E-state index is 11.6. The Kier molecular flexibility index (Phi) is 3.01. The Morgan fingerprint density at radius 2 is 1.69 bits per heavy atom. The maximum Gasteiger partial charge on any atom is 0.240 e. The summed E-state index contributed by atoms with van der Waals surface area (Å²) in [5.74, 6) is 0. The van der Waals surface area contributed by atoms with Gasteiger partial charge in [-0.25, -0.2) is 13.1 Å². The molecule has 0 amide bonds. The van der Waals surface area contributed by atoms with Gasteiger partial charge in [-0.15, -0.1) is 0 Å². The van der Waals surface area contributed by atoms with E-state index in [1.807, 2.05) is 18.2 Å². The van der Waals surface area contributed by atoms with E-state index >= 15 is 0 Å². The largest absolute Gasteiger partial charge is 0.240 e. The molecule has 0 spiro atoms. The van der Waals surface area contributed by atoms with Crippen molar-refractivity contribution < 1.29 is 8.42 Å². The van der Waals surface area contributed by atoms with E-state index in [0.29, 0.717) is 0 Å². The molecule has 0 aliphatic carbocycles. The summed E-state index contributed by atoms with van der Waals surface area (Å²) in [6.07, 6.45) is 0. The van der Waals surface area contributed by atoms with Crippen molar-refractivity contribution >= 4 is 36.7 Å². The molecular weight excluding hydrogens is 290 g/mol. The number of nitrogens with one attached hydrogen (secondary N) is 1. The molecule has 0 aromatic heterocycles. The Morgan fingerprint density at radius 3 is 2.38 bits per heavy atom. The minimum atomic E-state index is -3.36. The molecule has 0 bridgehead atoms. The third kappa shape index (κ3) is 2.11. The Bertz CT molecular complexity index is 637. The normalized spacial score (nSPS) is 11.9. The van der Waals surface area contributed by atoms with E-state index in [9.17, 15) is 8.42 Å². The highest BCUT2D eigenvalue weighted by atomic mass is 79.9. The molecule has 16 heavy (non-hydrogen) atoms. The first kappa shape index (κ1) is 11.6. The zero-order chi connectivity index (χ0) is 11.8. The quantitative estimate of drug-likeness (QED) is 0.926. The van der Waals surface area contributed by atoms with Crippen LogP contribution in [0.25, 0.3) is 10.8 Å². The van der Waals surface area contributed by atoms with E-state index in [4.69, 9.17) is 0 Å². The van der Waals surface area contributed by atoms with Gasteiger partial charge in [-0.1, -0.05) is 28.1 Å². The van der Waals surface area contributed by atoms with Gasteiger partial charge in [0.25, 0.3) is 0 Å². The maximum absolute atomic E-state index is 11.6. The molecular formula is C11H10BrNO2S. The molecule has 0 saturated carbocycles. The van der Waals surface area contributed by atoms with Crippen molar-refractivity contribution in [3.63, 3.8) is 0 Å². The molecule has 0 atom stereocenters. The summed E-state index contributed by atoms with van der Waals surface area (Å²) in [6.45, 7) is 0. The second-order valence-electron chi connectivity index (χ2n) is 3.36. The van der Waals surface area contributed by atoms with Crippen molar-refractivity contribution in [1.29, 1.82) is 0 Å². The van der Waals surface area contributed by atoms with Crippen LogP contribution in [0.5, 0.6) is 0 Å². The number of hydrogen-bond donors (Lipinski definition) is 1. The SMILES string of the molecule is CNS(=O)(=O)c1ccc2cc(Br)ccc2c1. The lowest BCUT2D eigenvalue weighted by atomic mass is 10.1. The highest BCUT2D eigenvalue weighted by Gasteiger charge is 2.11. The molecule has 0 saturated heterocycles. The molecule has 5 heteroatoms. The summed E-state index contributed by atoms with van der Waals surface area (Å²) >= 11 is 3.37. The fourth-order valence-corrected chi connectivity index (χ4v) is 2.62. The van der Waals surface area contributed by atoms with Crippen molar-refractivity contribution in [2.45, 2.75) is 4.90 Å². The number of sulfonamides is 1. The van der Waals surface area contributed by atoms with Gasteiger partial charge in [-0.2, -0.15) is 0 Å². The monoisotopic (exact) mass is 299 g/mol. The van der Waals surface area contributed by atoms with Crippen LogP contribution in [0, 0.1) is 0 Å². The van der Waals surface area contributed by atoms with Crippen molar-refractivity contribution in [3.8, 4) is 0 Å². The van der Waals surface area contributed by atoms with Gasteiger partial charge < -0.3 is 0 Å². The lowest BCUT2D eigenvalue weighted by molar-refractivity contribution is 0.588. The first-order valence-electron chi connectivity index (χ1n) is 4.66. The molecule has 2 aromatic rings. The van der Waals surface area contributed by atoms with Gasteiger partial charge in [0.15, 0.2) is 0 Å². The topological polar surface area (TPSA) is 46.2 Å². The Balaban J connectivity index is 2.66. The highest BCUT2D eigenvalue weighted by Crippen LogP contribution is 2.22. The third-order valence-electron chi connectivity index (χ3n) is 2.35. The van der Waals surface area contributed by atoms with E-state index in [-0.39, 0.29) is 4.90 Å². The second kappa shape index (κ2) is 4.16. The van der Waals surface area contributed by atoms with E-state index in [1.165, 1.54) is 7.05 Å². The van der Waals surface area contributed by atoms with Crippen LogP contribution < -0.4 is 4.72 Å². The molecule has 0 aliphatic heterocycles. The van der Waals surface area contributed by atoms with Crippen LogP contribution in [0.1, 0.15) is 0 Å². The zero-order valence-electron chi connectivity index (χ0n) is 8.57. The molecule has 3 nitrogen and oxygen atoms in total. The molecule has 0 aliphatic rings. The molecule has 2 aromatic carbocycles. The number of halogens is 1. The van der Waals surface area contributed by atoms with Gasteiger partial charge in [0.05, 0.1) is 4.90 Å². The van der Waals surface area contributed by atoms with Gasteiger partial charge in [0.1, 0.15) is 0 Å². The number of hydrogen-bond acceptors (Lipinski definition) is 2. The summed E-state index contributed by atoms with van der Waals surface area (Å²) in [4.78, 5) is 0.282. The first-order chi connectivity index (χ1) is 7.53. The minimum Gasteiger partial charge on any atom is -0.214 e. The van der Waals surface area contributed by atoms with Crippen LogP contribution in [0.3, 0.4) is 0 Å². The van der Waals surface area contributed by atoms with E-state index < -0.39 is 10.0 Å². The van der Waals surface area contributed by atoms with Crippen molar-refractivity contribution in [1.82, 2.24) is 4.72 Å². The van der Waals surface area contributed by atoms with Gasteiger partial charge in [0, 0.05) is 4.47 Å². The van der Waals surface area contributed by atoms with E-state index in [2.05, 4.69) is 20.7 Å². The first-order valence-corrected chi connectivity index (χ1v) is 6.93. The van der Waals surface area contributed by atoms with Crippen LogP contribution in [0.2, 0.25) is 0 Å². The van der Waals surface area contributed by atoms with Crippen LogP contribution in [0.4, 0.5) is 0 Å². The predicted molar refractivity (Wildman–Crippen MR) is 67.9 cm³/mol. The highest BCUT2D eigenvalue weighted by molar-refractivity contribution is 9.10. The molecule has 0 unspecified atom stereocenters. The number of rotatable bonds is 2. The van der Waals surface area contributed by atoms with Crippen LogP contribution in [0.15, 0.2) is 45.8 Å². The Hall–Kier alpha value is -0.910. The van der Waals surface area contributed by atoms with Gasteiger partial charge in [0.2, 0.25) is 10.0 Å². The fourth-order valence-electron chi connectivity index (χ4n) is 1.48. The standard InChI is InChI=1S/C11H10BrNO2S/c1-13-16(14,15)11-5-3-8-6-10(12)4-2-9(8)7-11/h2-7,13H,1H3. The summed E-state index contributed by atoms with van der Waals surface area (Å²) in [7, 11) is -1.96. The summed E-state index contributed by atoms with van der Waals surface area (Å²) in [5, 5.41) is 1.91. The fraction of sp³-hybridized carbons (Fsp3) is 0.0909. The molecule has 0 radical (unpaired) electrons. The van der Waals surface area contributed by atoms with Crippen molar-refractivity contribution in [3.05, 3.63) is 40.9 Å². The number of benzene rings is 2. The lowest BCUT2D eigenvalue weighted by Gasteiger charge is -2.04.